The van der Waals surface area contributed by atoms with Crippen LogP contribution in [-0.4, -0.2) is 40.2 Å². The second-order valence-corrected chi connectivity index (χ2v) is 8.73. The topological polar surface area (TPSA) is 78.3 Å². The summed E-state index contributed by atoms with van der Waals surface area (Å²) >= 11 is 1.60. The Morgan fingerprint density at radius 1 is 1.30 bits per heavy atom. The third-order valence-electron chi connectivity index (χ3n) is 4.83. The van der Waals surface area contributed by atoms with Crippen LogP contribution in [0.5, 0.6) is 5.75 Å². The molecular weight excluding hydrogens is 400 g/mol. The molecule has 0 spiro atoms. The maximum Gasteiger partial charge on any atom is 0.338 e. The van der Waals surface area contributed by atoms with Gasteiger partial charge in [-0.1, -0.05) is 44.7 Å². The van der Waals surface area contributed by atoms with Gasteiger partial charge in [0.15, 0.2) is 0 Å². The molecule has 30 heavy (non-hydrogen) atoms. The molecule has 0 saturated heterocycles. The first-order valence-corrected chi connectivity index (χ1v) is 11.3. The van der Waals surface area contributed by atoms with Crippen LogP contribution in [0.1, 0.15) is 52.1 Å². The zero-order valence-electron chi connectivity index (χ0n) is 18.3. The van der Waals surface area contributed by atoms with E-state index in [9.17, 15) is 4.79 Å². The standard InChI is InChI=1S/C22H30N4O3S/c1-6-13-30-22-24-21-23-15(4)18(20(27)28-5)19(26(21)25-22)16-7-9-17(10-8-16)29-12-11-14(2)3/h7-10,14,19H,6,11-13H2,1-5H3,(H,23,24,25). The number of esters is 1. The molecular formula is C22H30N4O3S. The molecule has 1 N–H and O–H groups in total. The number of allylic oxidation sites excluding steroid dienone is 1. The molecule has 8 heteroatoms. The van der Waals surface area contributed by atoms with Crippen molar-refractivity contribution in [2.75, 3.05) is 24.8 Å². The average molecular weight is 431 g/mol. The van der Waals surface area contributed by atoms with E-state index < -0.39 is 6.04 Å². The lowest BCUT2D eigenvalue weighted by Gasteiger charge is -2.27. The number of nitrogens with one attached hydrogen (secondary N) is 1. The molecule has 0 fully saturated rings. The van der Waals surface area contributed by atoms with Crippen LogP contribution < -0.4 is 10.1 Å². The summed E-state index contributed by atoms with van der Waals surface area (Å²) in [5, 5.41) is 8.56. The van der Waals surface area contributed by atoms with Crippen LogP contribution in [0.15, 0.2) is 40.7 Å². The monoisotopic (exact) mass is 430 g/mol. The first kappa shape index (κ1) is 22.2. The van der Waals surface area contributed by atoms with Crippen molar-refractivity contribution < 1.29 is 14.3 Å². The molecule has 7 nitrogen and oxygen atoms in total. The summed E-state index contributed by atoms with van der Waals surface area (Å²) in [7, 11) is 1.39. The normalized spacial score (nSPS) is 15.7. The van der Waals surface area contributed by atoms with E-state index in [-0.39, 0.29) is 5.97 Å². The van der Waals surface area contributed by atoms with Gasteiger partial charge in [0.25, 0.3) is 0 Å². The molecule has 1 aromatic carbocycles. The Balaban J connectivity index is 1.93. The molecule has 1 aliphatic rings. The van der Waals surface area contributed by atoms with Gasteiger partial charge in [0.2, 0.25) is 11.1 Å². The van der Waals surface area contributed by atoms with Crippen molar-refractivity contribution in [2.45, 2.75) is 51.7 Å². The highest BCUT2D eigenvalue weighted by Gasteiger charge is 2.34. The summed E-state index contributed by atoms with van der Waals surface area (Å²) in [5.41, 5.74) is 2.16. The Labute approximate surface area is 182 Å². The summed E-state index contributed by atoms with van der Waals surface area (Å²) in [6.45, 7) is 9.02. The van der Waals surface area contributed by atoms with E-state index in [0.717, 1.165) is 35.6 Å². The quantitative estimate of drug-likeness (QED) is 0.458. The minimum atomic E-state index is -0.415. The predicted molar refractivity (Wildman–Crippen MR) is 119 cm³/mol. The molecule has 1 atom stereocenters. The van der Waals surface area contributed by atoms with Crippen molar-refractivity contribution in [3.63, 3.8) is 0 Å². The summed E-state index contributed by atoms with van der Waals surface area (Å²) in [5.74, 6) is 2.59. The molecule has 0 radical (unpaired) electrons. The van der Waals surface area contributed by atoms with Gasteiger partial charge in [0, 0.05) is 11.4 Å². The number of carbonyl (C=O) groups is 1. The smallest absolute Gasteiger partial charge is 0.338 e. The van der Waals surface area contributed by atoms with Crippen molar-refractivity contribution in [3.8, 4) is 5.75 Å². The van der Waals surface area contributed by atoms with Gasteiger partial charge in [-0.2, -0.15) is 4.98 Å². The van der Waals surface area contributed by atoms with Crippen LogP contribution in [0, 0.1) is 5.92 Å². The zero-order valence-corrected chi connectivity index (χ0v) is 19.1. The van der Waals surface area contributed by atoms with E-state index >= 15 is 0 Å². The van der Waals surface area contributed by atoms with E-state index in [1.54, 1.807) is 16.4 Å². The van der Waals surface area contributed by atoms with Crippen LogP contribution in [-0.2, 0) is 9.53 Å². The van der Waals surface area contributed by atoms with Gasteiger partial charge in [-0.3, -0.25) is 0 Å². The number of aromatic nitrogens is 3. The van der Waals surface area contributed by atoms with Crippen molar-refractivity contribution in [1.29, 1.82) is 0 Å². The number of ether oxygens (including phenoxy) is 2. The van der Waals surface area contributed by atoms with E-state index in [0.29, 0.717) is 29.2 Å². The van der Waals surface area contributed by atoms with Crippen molar-refractivity contribution >= 4 is 23.7 Å². The van der Waals surface area contributed by atoms with Crippen LogP contribution in [0.3, 0.4) is 0 Å². The van der Waals surface area contributed by atoms with Gasteiger partial charge >= 0.3 is 5.97 Å². The first-order chi connectivity index (χ1) is 14.4. The third-order valence-corrected chi connectivity index (χ3v) is 5.88. The van der Waals surface area contributed by atoms with E-state index in [2.05, 4.69) is 36.2 Å². The second-order valence-electron chi connectivity index (χ2n) is 7.67. The number of rotatable bonds is 9. The van der Waals surface area contributed by atoms with Gasteiger partial charge in [-0.15, -0.1) is 5.10 Å². The molecule has 1 aromatic heterocycles. The second kappa shape index (κ2) is 10.0. The minimum absolute atomic E-state index is 0.383. The number of anilines is 1. The maximum atomic E-state index is 12.6. The zero-order chi connectivity index (χ0) is 21.7. The van der Waals surface area contributed by atoms with Crippen LogP contribution in [0.4, 0.5) is 5.95 Å². The minimum Gasteiger partial charge on any atom is -0.494 e. The van der Waals surface area contributed by atoms with Crippen molar-refractivity contribution in [2.24, 2.45) is 5.92 Å². The largest absolute Gasteiger partial charge is 0.494 e. The van der Waals surface area contributed by atoms with Gasteiger partial charge in [-0.25, -0.2) is 9.48 Å². The highest BCUT2D eigenvalue weighted by atomic mass is 32.2. The molecule has 0 amide bonds. The van der Waals surface area contributed by atoms with Crippen LogP contribution >= 0.6 is 11.8 Å². The van der Waals surface area contributed by atoms with Gasteiger partial charge in [0.05, 0.1) is 19.3 Å². The number of thioether (sulfide) groups is 1. The number of fused-ring (bicyclic) bond motifs is 1. The number of nitrogens with zero attached hydrogens (tertiary/aromatic N) is 3. The van der Waals surface area contributed by atoms with E-state index in [1.165, 1.54) is 7.11 Å². The first-order valence-electron chi connectivity index (χ1n) is 10.3. The lowest BCUT2D eigenvalue weighted by atomic mass is 9.96. The number of carbonyl (C=O) groups excluding carboxylic acids is 1. The molecule has 0 aliphatic carbocycles. The van der Waals surface area contributed by atoms with Crippen LogP contribution in [0.25, 0.3) is 0 Å². The van der Waals surface area contributed by atoms with E-state index in [4.69, 9.17) is 9.47 Å². The lowest BCUT2D eigenvalue weighted by Crippen LogP contribution is -2.29. The fourth-order valence-corrected chi connectivity index (χ4v) is 3.91. The Morgan fingerprint density at radius 3 is 2.67 bits per heavy atom. The molecule has 2 aromatic rings. The Hall–Kier alpha value is -2.48. The highest BCUT2D eigenvalue weighted by molar-refractivity contribution is 7.99. The Bertz CT molecular complexity index is 906. The fourth-order valence-electron chi connectivity index (χ4n) is 3.23. The molecule has 1 unspecified atom stereocenters. The Kier molecular flexibility index (Phi) is 7.42. The van der Waals surface area contributed by atoms with Gasteiger partial charge in [-0.05, 0) is 43.4 Å². The molecule has 162 valence electrons. The summed E-state index contributed by atoms with van der Waals surface area (Å²) in [4.78, 5) is 17.2. The summed E-state index contributed by atoms with van der Waals surface area (Å²) in [6, 6.07) is 7.40. The van der Waals surface area contributed by atoms with Crippen molar-refractivity contribution in [3.05, 3.63) is 41.1 Å². The highest BCUT2D eigenvalue weighted by Crippen LogP contribution is 2.37. The number of methoxy groups -OCH3 is 1. The lowest BCUT2D eigenvalue weighted by molar-refractivity contribution is -0.136. The SMILES string of the molecule is CCCSc1nc2n(n1)C(c1ccc(OCCC(C)C)cc1)C(C(=O)OC)=C(C)N2. The molecule has 0 saturated carbocycles. The van der Waals surface area contributed by atoms with Gasteiger partial charge in [0.1, 0.15) is 11.8 Å². The third kappa shape index (κ3) is 4.98. The van der Waals surface area contributed by atoms with Crippen molar-refractivity contribution in [1.82, 2.24) is 14.8 Å². The number of hydrogen-bond donors (Lipinski definition) is 1. The van der Waals surface area contributed by atoms with Crippen LogP contribution in [0.2, 0.25) is 0 Å². The number of hydrogen-bond acceptors (Lipinski definition) is 7. The fraction of sp³-hybridized carbons (Fsp3) is 0.500. The number of benzene rings is 1. The van der Waals surface area contributed by atoms with E-state index in [1.807, 2.05) is 31.2 Å². The predicted octanol–water partition coefficient (Wildman–Crippen LogP) is 4.67. The average Bonchev–Trinajstić information content (AvgIpc) is 3.13. The van der Waals surface area contributed by atoms with Gasteiger partial charge < -0.3 is 14.8 Å². The summed E-state index contributed by atoms with van der Waals surface area (Å²) < 4.78 is 12.7. The maximum absolute atomic E-state index is 12.6. The Morgan fingerprint density at radius 2 is 2.03 bits per heavy atom. The molecule has 2 heterocycles. The molecule has 1 aliphatic heterocycles. The summed E-state index contributed by atoms with van der Waals surface area (Å²) in [6.07, 6.45) is 2.04. The molecule has 3 rings (SSSR count). The molecule has 0 bridgehead atoms.